The highest BCUT2D eigenvalue weighted by molar-refractivity contribution is 5.46. The van der Waals surface area contributed by atoms with E-state index in [0.29, 0.717) is 6.41 Å². The van der Waals surface area contributed by atoms with Crippen LogP contribution >= 0.6 is 0 Å². The fraction of sp³-hybridized carbons (Fsp3) is 0.600. The summed E-state index contributed by atoms with van der Waals surface area (Å²) in [4.78, 5) is 9.60. The lowest BCUT2D eigenvalue weighted by Crippen LogP contribution is -2.11. The van der Waals surface area contributed by atoms with Crippen LogP contribution in [-0.2, 0) is 4.79 Å². The molecule has 1 amide bonds. The van der Waals surface area contributed by atoms with Crippen LogP contribution in [-0.4, -0.2) is 11.9 Å². The number of amides is 1. The molecule has 4 heteroatoms. The van der Waals surface area contributed by atoms with E-state index in [4.69, 9.17) is 5.26 Å². The average molecular weight is 125 g/mol. The molecule has 0 saturated heterocycles. The molecule has 9 heavy (non-hydrogen) atoms. The van der Waals surface area contributed by atoms with E-state index in [2.05, 4.69) is 10.2 Å². The molecular weight excluding hydrogens is 118 g/mol. The lowest BCUT2D eigenvalue weighted by atomic mass is 10.1. The molecule has 0 N–H and O–H groups in total. The average Bonchev–Trinajstić information content (AvgIpc) is 1.84. The Hall–Kier alpha value is -1.24. The van der Waals surface area contributed by atoms with E-state index in [-0.39, 0.29) is 0 Å². The molecule has 0 aromatic heterocycles. The van der Waals surface area contributed by atoms with Gasteiger partial charge >= 0.3 is 0 Å². The minimum atomic E-state index is -0.874. The first-order chi connectivity index (χ1) is 4.12. The van der Waals surface area contributed by atoms with Crippen LogP contribution in [0.5, 0.6) is 0 Å². The molecule has 48 valence electrons. The third kappa shape index (κ3) is 3.35. The van der Waals surface area contributed by atoms with Crippen LogP contribution in [0.3, 0.4) is 0 Å². The van der Waals surface area contributed by atoms with Crippen molar-refractivity contribution in [2.24, 2.45) is 10.2 Å². The maximum Gasteiger partial charge on any atom is 0.252 e. The van der Waals surface area contributed by atoms with Crippen molar-refractivity contribution >= 4 is 6.41 Å². The SMILES string of the molecule is CC(C)(C#N)/N=N/C=O. The molecule has 0 heterocycles. The summed E-state index contributed by atoms with van der Waals surface area (Å²) >= 11 is 0. The van der Waals surface area contributed by atoms with Gasteiger partial charge < -0.3 is 0 Å². The van der Waals surface area contributed by atoms with Crippen molar-refractivity contribution < 1.29 is 4.79 Å². The van der Waals surface area contributed by atoms with E-state index < -0.39 is 5.54 Å². The van der Waals surface area contributed by atoms with Crippen molar-refractivity contribution in [1.29, 1.82) is 5.26 Å². The zero-order valence-electron chi connectivity index (χ0n) is 5.33. The minimum Gasteiger partial charge on any atom is -0.275 e. The smallest absolute Gasteiger partial charge is 0.252 e. The summed E-state index contributed by atoms with van der Waals surface area (Å²) in [5, 5.41) is 14.7. The normalized spacial score (nSPS) is 11.2. The molecule has 0 rings (SSSR count). The molecule has 0 bridgehead atoms. The third-order valence-electron chi connectivity index (χ3n) is 0.628. The Morgan fingerprint density at radius 1 is 1.67 bits per heavy atom. The summed E-state index contributed by atoms with van der Waals surface area (Å²) in [5.41, 5.74) is -0.874. The Balaban J connectivity index is 4.05. The van der Waals surface area contributed by atoms with Crippen molar-refractivity contribution in [3.8, 4) is 6.07 Å². The topological polar surface area (TPSA) is 65.6 Å². The number of rotatable bonds is 2. The van der Waals surface area contributed by atoms with Crippen LogP contribution in [0.25, 0.3) is 0 Å². The van der Waals surface area contributed by atoms with Crippen molar-refractivity contribution in [3.05, 3.63) is 0 Å². The second-order valence-electron chi connectivity index (χ2n) is 1.99. The second kappa shape index (κ2) is 2.92. The van der Waals surface area contributed by atoms with Gasteiger partial charge in [0.05, 0.1) is 6.07 Å². The van der Waals surface area contributed by atoms with Gasteiger partial charge in [0.15, 0.2) is 5.54 Å². The molecule has 0 unspecified atom stereocenters. The Morgan fingerprint density at radius 3 is 2.56 bits per heavy atom. The fourth-order valence-electron chi connectivity index (χ4n) is 0.190. The number of azo groups is 1. The maximum atomic E-state index is 9.60. The first-order valence-corrected chi connectivity index (χ1v) is 2.39. The number of hydrogen-bond acceptors (Lipinski definition) is 3. The van der Waals surface area contributed by atoms with Crippen LogP contribution in [0.2, 0.25) is 0 Å². The van der Waals surface area contributed by atoms with Gasteiger partial charge in [-0.15, -0.1) is 5.11 Å². The largest absolute Gasteiger partial charge is 0.275 e. The minimum absolute atomic E-state index is 0.305. The Bertz CT molecular complexity index is 166. The number of carbonyl (C=O) groups excluding carboxylic acids is 1. The molecule has 0 fully saturated rings. The molecule has 0 aromatic carbocycles. The van der Waals surface area contributed by atoms with Gasteiger partial charge in [0.1, 0.15) is 0 Å². The fourth-order valence-corrected chi connectivity index (χ4v) is 0.190. The Labute approximate surface area is 53.2 Å². The summed E-state index contributed by atoms with van der Waals surface area (Å²) < 4.78 is 0. The summed E-state index contributed by atoms with van der Waals surface area (Å²) in [6, 6.07) is 1.86. The van der Waals surface area contributed by atoms with Gasteiger partial charge in [0.25, 0.3) is 6.41 Å². The van der Waals surface area contributed by atoms with Gasteiger partial charge in [0.2, 0.25) is 0 Å². The molecule has 0 aliphatic rings. The van der Waals surface area contributed by atoms with Crippen molar-refractivity contribution in [3.63, 3.8) is 0 Å². The molecule has 0 saturated carbocycles. The first-order valence-electron chi connectivity index (χ1n) is 2.39. The lowest BCUT2D eigenvalue weighted by molar-refractivity contribution is -0.107. The molecule has 0 aromatic rings. The first kappa shape index (κ1) is 7.76. The molecule has 0 atom stereocenters. The quantitative estimate of drug-likeness (QED) is 0.406. The van der Waals surface area contributed by atoms with Crippen molar-refractivity contribution in [2.75, 3.05) is 0 Å². The number of carbonyl (C=O) groups is 1. The zero-order chi connectivity index (χ0) is 7.33. The molecule has 0 aliphatic heterocycles. The van der Waals surface area contributed by atoms with E-state index in [9.17, 15) is 4.79 Å². The van der Waals surface area contributed by atoms with E-state index in [0.717, 1.165) is 0 Å². The molecule has 0 aliphatic carbocycles. The van der Waals surface area contributed by atoms with Crippen LogP contribution in [0.4, 0.5) is 0 Å². The predicted octanol–water partition coefficient (Wildman–Crippen LogP) is 0.897. The summed E-state index contributed by atoms with van der Waals surface area (Å²) in [6.45, 7) is 3.14. The van der Waals surface area contributed by atoms with Crippen LogP contribution in [0.15, 0.2) is 10.2 Å². The predicted molar refractivity (Wildman–Crippen MR) is 30.6 cm³/mol. The van der Waals surface area contributed by atoms with E-state index in [1.807, 2.05) is 6.07 Å². The highest BCUT2D eigenvalue weighted by Gasteiger charge is 2.13. The van der Waals surface area contributed by atoms with E-state index >= 15 is 0 Å². The van der Waals surface area contributed by atoms with Crippen LogP contribution in [0.1, 0.15) is 13.8 Å². The van der Waals surface area contributed by atoms with Crippen LogP contribution < -0.4 is 0 Å². The Kier molecular flexibility index (Phi) is 2.52. The number of nitriles is 1. The summed E-state index contributed by atoms with van der Waals surface area (Å²) in [7, 11) is 0. The van der Waals surface area contributed by atoms with Gasteiger partial charge in [-0.25, -0.2) is 0 Å². The Morgan fingerprint density at radius 2 is 2.22 bits per heavy atom. The highest BCUT2D eigenvalue weighted by Crippen LogP contribution is 2.05. The zero-order valence-corrected chi connectivity index (χ0v) is 5.33. The van der Waals surface area contributed by atoms with E-state index in [1.165, 1.54) is 0 Å². The van der Waals surface area contributed by atoms with Gasteiger partial charge in [0, 0.05) is 0 Å². The number of hydrogen-bond donors (Lipinski definition) is 0. The molecular formula is C5H7N3O. The van der Waals surface area contributed by atoms with Crippen molar-refractivity contribution in [2.45, 2.75) is 19.4 Å². The standard InChI is InChI=1S/C5H7N3O/c1-5(2,3-6)8-7-4-9/h4H,1-2H3/b8-7+. The second-order valence-corrected chi connectivity index (χ2v) is 1.99. The van der Waals surface area contributed by atoms with E-state index in [1.54, 1.807) is 13.8 Å². The third-order valence-corrected chi connectivity index (χ3v) is 0.628. The highest BCUT2D eigenvalue weighted by atomic mass is 16.1. The van der Waals surface area contributed by atoms with Gasteiger partial charge in [-0.05, 0) is 13.8 Å². The van der Waals surface area contributed by atoms with Gasteiger partial charge in [-0.3, -0.25) is 4.79 Å². The summed E-state index contributed by atoms with van der Waals surface area (Å²) in [6.07, 6.45) is 0.305. The molecule has 0 radical (unpaired) electrons. The molecule has 0 spiro atoms. The maximum absolute atomic E-state index is 9.60. The van der Waals surface area contributed by atoms with Crippen molar-refractivity contribution in [1.82, 2.24) is 0 Å². The number of nitrogens with zero attached hydrogens (tertiary/aromatic N) is 3. The summed E-state index contributed by atoms with van der Waals surface area (Å²) in [5.74, 6) is 0. The van der Waals surface area contributed by atoms with Gasteiger partial charge in [-0.1, -0.05) is 0 Å². The molecule has 4 nitrogen and oxygen atoms in total. The van der Waals surface area contributed by atoms with Crippen LogP contribution in [0, 0.1) is 11.3 Å². The van der Waals surface area contributed by atoms with Gasteiger partial charge in [-0.2, -0.15) is 10.4 Å². The lowest BCUT2D eigenvalue weighted by Gasteiger charge is -2.02. The monoisotopic (exact) mass is 125 g/mol.